The number of ether oxygens (including phenoxy) is 1. The number of β-lactam (4-membered cyclic amide) rings is 1. The summed E-state index contributed by atoms with van der Waals surface area (Å²) < 4.78 is 6.71. The zero-order valence-electron chi connectivity index (χ0n) is 19.8. The number of aliphatic hydroxyl groups is 1. The maximum atomic E-state index is 13.0. The molecular formula is C24H28N4O5S3. The molecule has 0 radical (unpaired) electrons. The van der Waals surface area contributed by atoms with Crippen molar-refractivity contribution in [2.24, 2.45) is 0 Å². The standard InChI is InChI=1S/C24H28N4O5S3/c1-13-26-27-24(36-13)35-12-14-11-34-22-19(21(30)28(22)20(14)23(31)32)25-10-17(29)15-6-2-3-7-16(15)18-8-4-5-9-33-18/h2-3,6-7,17-19,22,25,29H,4-5,8-12H2,1H3,(H,31,32)/t17?,18?,19?,22-/m0/s1. The molecule has 0 spiro atoms. The molecule has 1 aromatic carbocycles. The maximum absolute atomic E-state index is 13.0. The van der Waals surface area contributed by atoms with Crippen molar-refractivity contribution in [3.05, 3.63) is 51.7 Å². The fourth-order valence-electron chi connectivity index (χ4n) is 4.78. The smallest absolute Gasteiger partial charge is 0.352 e. The first-order chi connectivity index (χ1) is 17.4. The van der Waals surface area contributed by atoms with Crippen molar-refractivity contribution in [3.63, 3.8) is 0 Å². The van der Waals surface area contributed by atoms with E-state index in [1.807, 2.05) is 31.2 Å². The van der Waals surface area contributed by atoms with Gasteiger partial charge in [-0.1, -0.05) is 47.4 Å². The molecule has 3 aliphatic rings. The van der Waals surface area contributed by atoms with Crippen LogP contribution >= 0.6 is 34.9 Å². The van der Waals surface area contributed by atoms with Crippen molar-refractivity contribution >= 4 is 46.7 Å². The Morgan fingerprint density at radius 1 is 1.33 bits per heavy atom. The molecule has 1 aromatic heterocycles. The van der Waals surface area contributed by atoms with E-state index in [0.717, 1.165) is 46.3 Å². The average Bonchev–Trinajstić information content (AvgIpc) is 3.32. The number of hydrogen-bond acceptors (Lipinski definition) is 10. The maximum Gasteiger partial charge on any atom is 0.352 e. The number of carboxylic acid groups (broad SMARTS) is 1. The summed E-state index contributed by atoms with van der Waals surface area (Å²) in [6.45, 7) is 2.78. The van der Waals surface area contributed by atoms with Crippen molar-refractivity contribution in [1.82, 2.24) is 20.4 Å². The number of thioether (sulfide) groups is 2. The number of nitrogens with one attached hydrogen (secondary N) is 1. The van der Waals surface area contributed by atoms with Gasteiger partial charge in [0.05, 0.1) is 12.2 Å². The van der Waals surface area contributed by atoms with Crippen molar-refractivity contribution in [1.29, 1.82) is 0 Å². The summed E-state index contributed by atoms with van der Waals surface area (Å²) in [5.41, 5.74) is 2.56. The minimum absolute atomic E-state index is 0.0250. The first-order valence-corrected chi connectivity index (χ1v) is 14.7. The van der Waals surface area contributed by atoms with Gasteiger partial charge in [0.25, 0.3) is 0 Å². The number of carbonyl (C=O) groups is 2. The molecular weight excluding hydrogens is 520 g/mol. The molecule has 2 fully saturated rings. The highest BCUT2D eigenvalue weighted by Gasteiger charge is 2.53. The van der Waals surface area contributed by atoms with Gasteiger partial charge in [0.15, 0.2) is 4.34 Å². The topological polar surface area (TPSA) is 125 Å². The van der Waals surface area contributed by atoms with Gasteiger partial charge in [0.2, 0.25) is 5.91 Å². The molecule has 0 aliphatic carbocycles. The summed E-state index contributed by atoms with van der Waals surface area (Å²) in [7, 11) is 0. The van der Waals surface area contributed by atoms with Crippen LogP contribution in [0.3, 0.4) is 0 Å². The Balaban J connectivity index is 1.23. The number of rotatable bonds is 9. The number of carbonyl (C=O) groups excluding carboxylic acids is 1. The van der Waals surface area contributed by atoms with E-state index in [0.29, 0.717) is 17.1 Å². The number of benzene rings is 1. The van der Waals surface area contributed by atoms with Crippen molar-refractivity contribution in [2.75, 3.05) is 24.7 Å². The number of hydrogen-bond donors (Lipinski definition) is 3. The molecule has 12 heteroatoms. The van der Waals surface area contributed by atoms with Gasteiger partial charge in [-0.25, -0.2) is 4.79 Å². The van der Waals surface area contributed by atoms with E-state index >= 15 is 0 Å². The Kier molecular flexibility index (Phi) is 7.99. The van der Waals surface area contributed by atoms with Gasteiger partial charge in [-0.3, -0.25) is 9.69 Å². The normalized spacial score (nSPS) is 24.9. The molecule has 3 unspecified atom stereocenters. The van der Waals surface area contributed by atoms with Gasteiger partial charge < -0.3 is 20.3 Å². The van der Waals surface area contributed by atoms with Crippen LogP contribution in [0.5, 0.6) is 0 Å². The van der Waals surface area contributed by atoms with E-state index in [1.54, 1.807) is 11.8 Å². The highest BCUT2D eigenvalue weighted by Crippen LogP contribution is 2.42. The van der Waals surface area contributed by atoms with Crippen LogP contribution in [0.15, 0.2) is 39.9 Å². The number of fused-ring (bicyclic) bond motifs is 1. The molecule has 2 saturated heterocycles. The summed E-state index contributed by atoms with van der Waals surface area (Å²) in [4.78, 5) is 26.5. The van der Waals surface area contributed by atoms with Gasteiger partial charge in [0.1, 0.15) is 22.1 Å². The molecule has 0 bridgehead atoms. The predicted octanol–water partition coefficient (Wildman–Crippen LogP) is 3.13. The number of aromatic nitrogens is 2. The fraction of sp³-hybridized carbons (Fsp3) is 0.500. The second-order valence-corrected chi connectivity index (χ2v) is 12.4. The van der Waals surface area contributed by atoms with Crippen LogP contribution in [0.4, 0.5) is 0 Å². The second kappa shape index (κ2) is 11.2. The van der Waals surface area contributed by atoms with Crippen molar-refractivity contribution in [2.45, 2.75) is 54.1 Å². The molecule has 4 atom stereocenters. The lowest BCUT2D eigenvalue weighted by Gasteiger charge is -2.50. The molecule has 3 aliphatic heterocycles. The Hall–Kier alpha value is -1.96. The molecule has 1 amide bonds. The molecule has 192 valence electrons. The van der Waals surface area contributed by atoms with Crippen LogP contribution in [0.2, 0.25) is 0 Å². The van der Waals surface area contributed by atoms with Crippen LogP contribution in [-0.4, -0.2) is 73.3 Å². The largest absolute Gasteiger partial charge is 0.477 e. The minimum atomic E-state index is -1.10. The van der Waals surface area contributed by atoms with E-state index < -0.39 is 18.1 Å². The highest BCUT2D eigenvalue weighted by atomic mass is 32.2. The van der Waals surface area contributed by atoms with Gasteiger partial charge in [-0.2, -0.15) is 0 Å². The Morgan fingerprint density at radius 3 is 2.89 bits per heavy atom. The summed E-state index contributed by atoms with van der Waals surface area (Å²) in [5, 5.41) is 32.7. The van der Waals surface area contributed by atoms with Crippen LogP contribution < -0.4 is 5.32 Å². The lowest BCUT2D eigenvalue weighted by molar-refractivity contribution is -0.149. The average molecular weight is 549 g/mol. The lowest BCUT2D eigenvalue weighted by Crippen LogP contribution is -2.70. The number of aliphatic carboxylic acids is 1. The summed E-state index contributed by atoms with van der Waals surface area (Å²) in [6.07, 6.45) is 2.24. The molecule has 2 aromatic rings. The SMILES string of the molecule is Cc1nnc(SCC2=C(C(=O)O)N3C(=O)C(NCC(O)c4ccccc4C4CCCCO4)[C@@H]3SC2)s1. The molecule has 4 heterocycles. The quantitative estimate of drug-likeness (QED) is 0.318. The van der Waals surface area contributed by atoms with E-state index in [4.69, 9.17) is 4.74 Å². The van der Waals surface area contributed by atoms with E-state index in [1.165, 1.54) is 28.0 Å². The molecule has 3 N–H and O–H groups in total. The highest BCUT2D eigenvalue weighted by molar-refractivity contribution is 8.01. The second-order valence-electron chi connectivity index (χ2n) is 8.93. The molecule has 36 heavy (non-hydrogen) atoms. The van der Waals surface area contributed by atoms with E-state index in [2.05, 4.69) is 15.5 Å². The fourth-order valence-corrected chi connectivity index (χ4v) is 8.11. The van der Waals surface area contributed by atoms with Gasteiger partial charge in [0, 0.05) is 24.7 Å². The van der Waals surface area contributed by atoms with Gasteiger partial charge in [-0.05, 0) is 42.9 Å². The molecule has 5 rings (SSSR count). The lowest BCUT2D eigenvalue weighted by atomic mass is 9.93. The monoisotopic (exact) mass is 548 g/mol. The summed E-state index contributed by atoms with van der Waals surface area (Å²) >= 11 is 4.44. The van der Waals surface area contributed by atoms with Gasteiger partial charge in [-0.15, -0.1) is 22.0 Å². The first kappa shape index (κ1) is 25.7. The third-order valence-electron chi connectivity index (χ3n) is 6.54. The van der Waals surface area contributed by atoms with Crippen LogP contribution in [0.25, 0.3) is 0 Å². The van der Waals surface area contributed by atoms with Crippen LogP contribution in [0, 0.1) is 6.92 Å². The van der Waals surface area contributed by atoms with Gasteiger partial charge >= 0.3 is 5.97 Å². The van der Waals surface area contributed by atoms with E-state index in [9.17, 15) is 19.8 Å². The Labute approximate surface area is 221 Å². The van der Waals surface area contributed by atoms with Crippen LogP contribution in [-0.2, 0) is 14.3 Å². The van der Waals surface area contributed by atoms with Crippen LogP contribution in [0.1, 0.15) is 47.6 Å². The molecule has 9 nitrogen and oxygen atoms in total. The number of aryl methyl sites for hydroxylation is 1. The van der Waals surface area contributed by atoms with E-state index in [-0.39, 0.29) is 29.6 Å². The zero-order valence-corrected chi connectivity index (χ0v) is 22.2. The zero-order chi connectivity index (χ0) is 25.2. The van der Waals surface area contributed by atoms with Crippen molar-refractivity contribution < 1.29 is 24.5 Å². The minimum Gasteiger partial charge on any atom is -0.477 e. The number of carboxylic acids is 1. The Morgan fingerprint density at radius 2 is 2.17 bits per heavy atom. The number of nitrogens with zero attached hydrogens (tertiary/aromatic N) is 3. The predicted molar refractivity (Wildman–Crippen MR) is 139 cm³/mol. The summed E-state index contributed by atoms with van der Waals surface area (Å²) in [5.74, 6) is -0.424. The summed E-state index contributed by atoms with van der Waals surface area (Å²) in [6, 6.07) is 7.19. The third-order valence-corrected chi connectivity index (χ3v) is 9.94. The number of amides is 1. The third kappa shape index (κ3) is 5.20. The molecule has 0 saturated carbocycles. The first-order valence-electron chi connectivity index (χ1n) is 11.9. The van der Waals surface area contributed by atoms with Crippen molar-refractivity contribution in [3.8, 4) is 0 Å². The number of aliphatic hydroxyl groups excluding tert-OH is 1. The Bertz CT molecular complexity index is 1170.